The van der Waals surface area contributed by atoms with Gasteiger partial charge in [0.05, 0.1) is 10.8 Å². The smallest absolute Gasteiger partial charge is 0.313 e. The molecule has 1 atom stereocenters. The molecule has 0 aliphatic rings. The Bertz CT molecular complexity index is 722. The Kier molecular flexibility index (Phi) is 5.99. The van der Waals surface area contributed by atoms with Crippen LogP contribution in [0.4, 0.5) is 10.1 Å². The lowest BCUT2D eigenvalue weighted by molar-refractivity contribution is -0.136. The highest BCUT2D eigenvalue weighted by atomic mass is 32.2. The third-order valence-corrected chi connectivity index (χ3v) is 4.24. The van der Waals surface area contributed by atoms with Gasteiger partial charge in [0.2, 0.25) is 0 Å². The number of benzene rings is 2. The topological polar surface area (TPSA) is 75.3 Å². The van der Waals surface area contributed by atoms with Crippen molar-refractivity contribution in [2.24, 2.45) is 0 Å². The number of amides is 2. The second-order valence-corrected chi connectivity index (χ2v) is 6.15. The maximum absolute atomic E-state index is 13.0. The molecular formula is C16H15FN2O3S. The molecule has 7 heteroatoms. The van der Waals surface area contributed by atoms with E-state index in [0.717, 1.165) is 6.07 Å². The fourth-order valence-electron chi connectivity index (χ4n) is 1.78. The molecule has 1 unspecified atom stereocenters. The first-order chi connectivity index (χ1) is 11.1. The highest BCUT2D eigenvalue weighted by Crippen LogP contribution is 2.08. The van der Waals surface area contributed by atoms with E-state index in [1.54, 1.807) is 24.3 Å². The van der Waals surface area contributed by atoms with E-state index in [1.807, 2.05) is 6.07 Å². The summed E-state index contributed by atoms with van der Waals surface area (Å²) in [7, 11) is -1.25. The summed E-state index contributed by atoms with van der Waals surface area (Å²) in [6.45, 7) is 0.0942. The summed E-state index contributed by atoms with van der Waals surface area (Å²) in [6.07, 6.45) is 0. The van der Waals surface area contributed by atoms with Gasteiger partial charge in [-0.3, -0.25) is 13.8 Å². The predicted molar refractivity (Wildman–Crippen MR) is 85.8 cm³/mol. The fourth-order valence-corrected chi connectivity index (χ4v) is 2.77. The number of hydrogen-bond acceptors (Lipinski definition) is 3. The molecule has 0 bridgehead atoms. The Morgan fingerprint density at radius 1 is 1.00 bits per heavy atom. The Morgan fingerprint density at radius 2 is 1.74 bits per heavy atom. The van der Waals surface area contributed by atoms with Gasteiger partial charge in [0.15, 0.2) is 0 Å². The summed E-state index contributed by atoms with van der Waals surface area (Å²) in [5, 5.41) is 4.67. The maximum atomic E-state index is 13.0. The highest BCUT2D eigenvalue weighted by molar-refractivity contribution is 7.85. The molecule has 5 nitrogen and oxygen atoms in total. The SMILES string of the molecule is O=C(NCCS(=O)c1ccccc1)C(=O)Nc1cccc(F)c1. The first-order valence-electron chi connectivity index (χ1n) is 6.84. The fraction of sp³-hybridized carbons (Fsp3) is 0.125. The summed E-state index contributed by atoms with van der Waals surface area (Å²) >= 11 is 0. The number of halogens is 1. The van der Waals surface area contributed by atoms with E-state index in [4.69, 9.17) is 0 Å². The standard InChI is InChI=1S/C16H15FN2O3S/c17-12-5-4-6-13(11-12)19-16(21)15(20)18-9-10-23(22)14-7-2-1-3-8-14/h1-8,11H,9-10H2,(H,18,20)(H,19,21). The first kappa shape index (κ1) is 16.8. The zero-order valence-corrected chi connectivity index (χ0v) is 12.9. The molecule has 120 valence electrons. The Balaban J connectivity index is 1.78. The van der Waals surface area contributed by atoms with Crippen molar-refractivity contribution >= 4 is 28.3 Å². The Morgan fingerprint density at radius 3 is 2.43 bits per heavy atom. The van der Waals surface area contributed by atoms with E-state index in [-0.39, 0.29) is 18.0 Å². The molecule has 2 aromatic carbocycles. The van der Waals surface area contributed by atoms with Gasteiger partial charge >= 0.3 is 11.8 Å². The lowest BCUT2D eigenvalue weighted by Gasteiger charge is -2.07. The van der Waals surface area contributed by atoms with Crippen LogP contribution in [0, 0.1) is 5.82 Å². The number of anilines is 1. The molecule has 0 aromatic heterocycles. The van der Waals surface area contributed by atoms with Crippen LogP contribution in [0.15, 0.2) is 59.5 Å². The second kappa shape index (κ2) is 8.19. The summed E-state index contributed by atoms with van der Waals surface area (Å²) in [5.41, 5.74) is 0.193. The summed E-state index contributed by atoms with van der Waals surface area (Å²) in [5.74, 6) is -2.08. The van der Waals surface area contributed by atoms with Crippen molar-refractivity contribution in [1.82, 2.24) is 5.32 Å². The van der Waals surface area contributed by atoms with Crippen molar-refractivity contribution in [3.05, 3.63) is 60.4 Å². The number of carbonyl (C=O) groups excluding carboxylic acids is 2. The van der Waals surface area contributed by atoms with Gasteiger partial charge in [0.1, 0.15) is 5.82 Å². The molecule has 2 rings (SSSR count). The van der Waals surface area contributed by atoms with Crippen LogP contribution in [0.5, 0.6) is 0 Å². The average Bonchev–Trinajstić information content (AvgIpc) is 2.55. The van der Waals surface area contributed by atoms with Crippen LogP contribution in [0.25, 0.3) is 0 Å². The van der Waals surface area contributed by atoms with Gasteiger partial charge in [-0.05, 0) is 30.3 Å². The molecule has 2 N–H and O–H groups in total. The van der Waals surface area contributed by atoms with Crippen molar-refractivity contribution in [1.29, 1.82) is 0 Å². The monoisotopic (exact) mass is 334 g/mol. The molecule has 2 aromatic rings. The lowest BCUT2D eigenvalue weighted by Crippen LogP contribution is -2.37. The number of rotatable bonds is 5. The van der Waals surface area contributed by atoms with Crippen LogP contribution in [0.3, 0.4) is 0 Å². The van der Waals surface area contributed by atoms with Gasteiger partial charge in [0, 0.05) is 22.9 Å². The molecule has 0 aliphatic carbocycles. The normalized spacial score (nSPS) is 11.5. The van der Waals surface area contributed by atoms with E-state index in [9.17, 15) is 18.2 Å². The van der Waals surface area contributed by atoms with E-state index < -0.39 is 28.4 Å². The predicted octanol–water partition coefficient (Wildman–Crippen LogP) is 1.69. The third kappa shape index (κ3) is 5.30. The molecular weight excluding hydrogens is 319 g/mol. The van der Waals surface area contributed by atoms with Crippen molar-refractivity contribution < 1.29 is 18.2 Å². The molecule has 0 radical (unpaired) electrons. The maximum Gasteiger partial charge on any atom is 0.313 e. The summed E-state index contributed by atoms with van der Waals surface area (Å²) in [6, 6.07) is 14.1. The molecule has 0 saturated heterocycles. The minimum Gasteiger partial charge on any atom is -0.347 e. The van der Waals surface area contributed by atoms with E-state index in [2.05, 4.69) is 10.6 Å². The van der Waals surface area contributed by atoms with Crippen molar-refractivity contribution in [3.63, 3.8) is 0 Å². The Hall–Kier alpha value is -2.54. The largest absolute Gasteiger partial charge is 0.347 e. The third-order valence-electron chi connectivity index (χ3n) is 2.87. The van der Waals surface area contributed by atoms with E-state index in [1.165, 1.54) is 18.2 Å². The van der Waals surface area contributed by atoms with E-state index >= 15 is 0 Å². The summed E-state index contributed by atoms with van der Waals surface area (Å²) < 4.78 is 24.9. The molecule has 0 aliphatic heterocycles. The molecule has 0 fully saturated rings. The zero-order chi connectivity index (χ0) is 16.7. The van der Waals surface area contributed by atoms with Crippen LogP contribution in [0.1, 0.15) is 0 Å². The van der Waals surface area contributed by atoms with Gasteiger partial charge < -0.3 is 10.6 Å². The van der Waals surface area contributed by atoms with Gasteiger partial charge in [-0.2, -0.15) is 0 Å². The molecule has 2 amide bonds. The second-order valence-electron chi connectivity index (χ2n) is 4.58. The van der Waals surface area contributed by atoms with Gasteiger partial charge in [-0.15, -0.1) is 0 Å². The van der Waals surface area contributed by atoms with Crippen molar-refractivity contribution in [2.45, 2.75) is 4.90 Å². The number of nitrogens with one attached hydrogen (secondary N) is 2. The Labute approximate surface area is 135 Å². The van der Waals surface area contributed by atoms with Crippen LogP contribution in [-0.2, 0) is 20.4 Å². The first-order valence-corrected chi connectivity index (χ1v) is 8.16. The molecule has 23 heavy (non-hydrogen) atoms. The molecule has 0 saturated carbocycles. The average molecular weight is 334 g/mol. The molecule has 0 heterocycles. The van der Waals surface area contributed by atoms with E-state index in [0.29, 0.717) is 4.90 Å². The van der Waals surface area contributed by atoms with Crippen LogP contribution >= 0.6 is 0 Å². The van der Waals surface area contributed by atoms with Crippen molar-refractivity contribution in [3.8, 4) is 0 Å². The number of carbonyl (C=O) groups is 2. The lowest BCUT2D eigenvalue weighted by atomic mass is 10.3. The number of hydrogen-bond donors (Lipinski definition) is 2. The minimum atomic E-state index is -1.25. The van der Waals surface area contributed by atoms with Gasteiger partial charge in [-0.25, -0.2) is 4.39 Å². The van der Waals surface area contributed by atoms with Crippen LogP contribution in [0.2, 0.25) is 0 Å². The van der Waals surface area contributed by atoms with Crippen LogP contribution < -0.4 is 10.6 Å². The van der Waals surface area contributed by atoms with Crippen LogP contribution in [-0.4, -0.2) is 28.3 Å². The zero-order valence-electron chi connectivity index (χ0n) is 12.1. The quantitative estimate of drug-likeness (QED) is 0.817. The van der Waals surface area contributed by atoms with Crippen molar-refractivity contribution in [2.75, 3.05) is 17.6 Å². The highest BCUT2D eigenvalue weighted by Gasteiger charge is 2.14. The van der Waals surface area contributed by atoms with Gasteiger partial charge in [0.25, 0.3) is 0 Å². The molecule has 0 spiro atoms. The minimum absolute atomic E-state index is 0.0942. The summed E-state index contributed by atoms with van der Waals surface area (Å²) in [4.78, 5) is 23.9. The van der Waals surface area contributed by atoms with Gasteiger partial charge in [-0.1, -0.05) is 24.3 Å².